The van der Waals surface area contributed by atoms with Crippen LogP contribution >= 0.6 is 0 Å². The van der Waals surface area contributed by atoms with Gasteiger partial charge in [0.1, 0.15) is 0 Å². The predicted molar refractivity (Wildman–Crippen MR) is 92.3 cm³/mol. The average Bonchev–Trinajstić information content (AvgIpc) is 3.02. The molecular weight excluding hydrogens is 302 g/mol. The summed E-state index contributed by atoms with van der Waals surface area (Å²) in [6.07, 6.45) is 0.106. The molecular formula is C20H21NO3. The van der Waals surface area contributed by atoms with E-state index < -0.39 is 6.10 Å². The Bertz CT molecular complexity index is 797. The Balaban J connectivity index is 1.98. The van der Waals surface area contributed by atoms with E-state index in [-0.39, 0.29) is 11.7 Å². The lowest BCUT2D eigenvalue weighted by atomic mass is 9.94. The van der Waals surface area contributed by atoms with Crippen LogP contribution in [0.25, 0.3) is 0 Å². The maximum atomic E-state index is 13.0. The molecule has 1 aliphatic rings. The van der Waals surface area contributed by atoms with Gasteiger partial charge in [0.15, 0.2) is 5.78 Å². The highest BCUT2D eigenvalue weighted by atomic mass is 16.3. The number of aryl methyl sites for hydroxylation is 2. The lowest BCUT2D eigenvalue weighted by Crippen LogP contribution is -2.30. The highest BCUT2D eigenvalue weighted by molar-refractivity contribution is 6.16. The number of carbonyl (C=O) groups is 2. The fourth-order valence-corrected chi connectivity index (χ4v) is 3.09. The molecule has 24 heavy (non-hydrogen) atoms. The van der Waals surface area contributed by atoms with Crippen molar-refractivity contribution >= 4 is 11.7 Å². The van der Waals surface area contributed by atoms with Gasteiger partial charge in [0.05, 0.1) is 11.7 Å². The molecule has 1 aliphatic heterocycles. The molecule has 2 aromatic carbocycles. The van der Waals surface area contributed by atoms with Gasteiger partial charge in [-0.05, 0) is 38.0 Å². The Kier molecular flexibility index (Phi) is 4.49. The lowest BCUT2D eigenvalue weighted by molar-refractivity contribution is 0.0761. The minimum atomic E-state index is -0.476. The third-order valence-electron chi connectivity index (χ3n) is 4.49. The van der Waals surface area contributed by atoms with Crippen LogP contribution in [0, 0.1) is 13.8 Å². The Morgan fingerprint density at radius 3 is 2.42 bits per heavy atom. The Morgan fingerprint density at radius 2 is 1.75 bits per heavy atom. The van der Waals surface area contributed by atoms with E-state index in [1.165, 1.54) is 0 Å². The fourth-order valence-electron chi connectivity index (χ4n) is 3.09. The zero-order valence-electron chi connectivity index (χ0n) is 14.0. The summed E-state index contributed by atoms with van der Waals surface area (Å²) in [5.41, 5.74) is 3.34. The molecule has 1 heterocycles. The summed E-state index contributed by atoms with van der Waals surface area (Å²) < 4.78 is 0. The summed E-state index contributed by atoms with van der Waals surface area (Å²) in [4.78, 5) is 27.4. The number of likely N-dealkylation sites (tertiary alicyclic amines) is 1. The number of amides is 1. The van der Waals surface area contributed by atoms with Crippen molar-refractivity contribution in [3.8, 4) is 0 Å². The Labute approximate surface area is 141 Å². The number of nitrogens with zero attached hydrogens (tertiary/aromatic N) is 1. The third-order valence-corrected chi connectivity index (χ3v) is 4.49. The molecule has 2 aromatic rings. The van der Waals surface area contributed by atoms with Crippen molar-refractivity contribution in [1.82, 2.24) is 4.90 Å². The number of aliphatic hydroxyl groups excluding tert-OH is 1. The first-order valence-corrected chi connectivity index (χ1v) is 8.15. The van der Waals surface area contributed by atoms with Crippen molar-refractivity contribution < 1.29 is 14.7 Å². The molecule has 0 aromatic heterocycles. The molecule has 124 valence electrons. The summed E-state index contributed by atoms with van der Waals surface area (Å²) in [6.45, 7) is 4.68. The fraction of sp³-hybridized carbons (Fsp3) is 0.300. The van der Waals surface area contributed by atoms with Crippen molar-refractivity contribution in [2.45, 2.75) is 26.4 Å². The highest BCUT2D eigenvalue weighted by Gasteiger charge is 2.28. The van der Waals surface area contributed by atoms with E-state index in [2.05, 4.69) is 0 Å². The zero-order valence-corrected chi connectivity index (χ0v) is 14.0. The van der Waals surface area contributed by atoms with Gasteiger partial charge in [-0.1, -0.05) is 35.9 Å². The van der Waals surface area contributed by atoms with Gasteiger partial charge >= 0.3 is 0 Å². The molecule has 0 radical (unpaired) electrons. The minimum absolute atomic E-state index is 0.139. The van der Waals surface area contributed by atoms with Crippen LogP contribution in [0.2, 0.25) is 0 Å². The summed E-state index contributed by atoms with van der Waals surface area (Å²) in [5, 5.41) is 9.66. The van der Waals surface area contributed by atoms with Crippen LogP contribution in [0.1, 0.15) is 43.8 Å². The van der Waals surface area contributed by atoms with Crippen LogP contribution in [0.5, 0.6) is 0 Å². The second kappa shape index (κ2) is 6.57. The topological polar surface area (TPSA) is 57.6 Å². The van der Waals surface area contributed by atoms with Crippen molar-refractivity contribution in [2.24, 2.45) is 0 Å². The molecule has 1 atom stereocenters. The summed E-state index contributed by atoms with van der Waals surface area (Å²) in [6, 6.07) is 12.7. The molecule has 4 nitrogen and oxygen atoms in total. The van der Waals surface area contributed by atoms with Crippen molar-refractivity contribution in [3.63, 3.8) is 0 Å². The van der Waals surface area contributed by atoms with Gasteiger partial charge in [-0.15, -0.1) is 0 Å². The average molecular weight is 323 g/mol. The van der Waals surface area contributed by atoms with Crippen molar-refractivity contribution in [1.29, 1.82) is 0 Å². The molecule has 0 spiro atoms. The maximum Gasteiger partial charge on any atom is 0.254 e. The predicted octanol–water partition coefficient (Wildman–Crippen LogP) is 2.74. The monoisotopic (exact) mass is 323 g/mol. The van der Waals surface area contributed by atoms with Gasteiger partial charge in [0.2, 0.25) is 0 Å². The molecule has 1 N–H and O–H groups in total. The number of aliphatic hydroxyl groups is 1. The third kappa shape index (κ3) is 3.10. The number of benzene rings is 2. The zero-order chi connectivity index (χ0) is 17.3. The van der Waals surface area contributed by atoms with Gasteiger partial charge in [-0.2, -0.15) is 0 Å². The molecule has 0 saturated carbocycles. The van der Waals surface area contributed by atoms with E-state index in [1.54, 1.807) is 29.2 Å². The lowest BCUT2D eigenvalue weighted by Gasteiger charge is -2.18. The van der Waals surface area contributed by atoms with Gasteiger partial charge in [0, 0.05) is 24.2 Å². The highest BCUT2D eigenvalue weighted by Crippen LogP contribution is 2.21. The molecule has 1 saturated heterocycles. The molecule has 0 unspecified atom stereocenters. The van der Waals surface area contributed by atoms with Gasteiger partial charge in [-0.25, -0.2) is 0 Å². The van der Waals surface area contributed by atoms with Crippen LogP contribution in [0.3, 0.4) is 0 Å². The van der Waals surface area contributed by atoms with E-state index in [0.29, 0.717) is 36.2 Å². The first-order chi connectivity index (χ1) is 11.5. The quantitative estimate of drug-likeness (QED) is 0.884. The van der Waals surface area contributed by atoms with E-state index in [1.807, 2.05) is 32.0 Å². The van der Waals surface area contributed by atoms with Gasteiger partial charge in [0.25, 0.3) is 5.91 Å². The summed E-state index contributed by atoms with van der Waals surface area (Å²) >= 11 is 0. The Hall–Kier alpha value is -2.46. The second-order valence-corrected chi connectivity index (χ2v) is 6.39. The summed E-state index contributed by atoms with van der Waals surface area (Å²) in [7, 11) is 0. The standard InChI is InChI=1S/C20H21NO3/c1-13-7-8-14(2)18(11-13)19(23)16-5-3-4-6-17(16)20(24)21-10-9-15(22)12-21/h3-8,11,15,22H,9-10,12H2,1-2H3/t15-/m1/s1. The molecule has 0 bridgehead atoms. The van der Waals surface area contributed by atoms with Crippen molar-refractivity contribution in [2.75, 3.05) is 13.1 Å². The molecule has 1 fully saturated rings. The molecule has 1 amide bonds. The van der Waals surface area contributed by atoms with E-state index in [0.717, 1.165) is 11.1 Å². The van der Waals surface area contributed by atoms with Crippen molar-refractivity contribution in [3.05, 3.63) is 70.3 Å². The van der Waals surface area contributed by atoms with Crippen LogP contribution < -0.4 is 0 Å². The molecule has 0 aliphatic carbocycles. The number of rotatable bonds is 3. The molecule has 4 heteroatoms. The first-order valence-electron chi connectivity index (χ1n) is 8.15. The van der Waals surface area contributed by atoms with E-state index in [4.69, 9.17) is 0 Å². The van der Waals surface area contributed by atoms with E-state index in [9.17, 15) is 14.7 Å². The number of ketones is 1. The minimum Gasteiger partial charge on any atom is -0.391 e. The first kappa shape index (κ1) is 16.4. The van der Waals surface area contributed by atoms with Gasteiger partial charge < -0.3 is 10.0 Å². The summed E-state index contributed by atoms with van der Waals surface area (Å²) in [5.74, 6) is -0.333. The van der Waals surface area contributed by atoms with Gasteiger partial charge in [-0.3, -0.25) is 9.59 Å². The van der Waals surface area contributed by atoms with Crippen LogP contribution in [-0.2, 0) is 0 Å². The number of hydrogen-bond donors (Lipinski definition) is 1. The normalized spacial score (nSPS) is 17.1. The van der Waals surface area contributed by atoms with Crippen LogP contribution in [0.4, 0.5) is 0 Å². The second-order valence-electron chi connectivity index (χ2n) is 6.39. The van der Waals surface area contributed by atoms with Crippen LogP contribution in [0.15, 0.2) is 42.5 Å². The SMILES string of the molecule is Cc1ccc(C)c(C(=O)c2ccccc2C(=O)N2CC[C@@H](O)C2)c1. The molecule has 3 rings (SSSR count). The van der Waals surface area contributed by atoms with E-state index >= 15 is 0 Å². The largest absolute Gasteiger partial charge is 0.391 e. The number of carbonyl (C=O) groups excluding carboxylic acids is 2. The maximum absolute atomic E-state index is 13.0. The number of β-amino-alcohol motifs (C(OH)–C–C–N with tert-alkyl or cyclic N) is 1. The Morgan fingerprint density at radius 1 is 1.04 bits per heavy atom. The van der Waals surface area contributed by atoms with Crippen LogP contribution in [-0.4, -0.2) is 40.9 Å². The number of hydrogen-bond acceptors (Lipinski definition) is 3. The smallest absolute Gasteiger partial charge is 0.254 e.